The van der Waals surface area contributed by atoms with Gasteiger partial charge in [0, 0.05) is 38.5 Å². The number of halogens is 3. The molecule has 0 radical (unpaired) electrons. The normalized spacial score (nSPS) is 20.0. The Hall–Kier alpha value is -2.58. The summed E-state index contributed by atoms with van der Waals surface area (Å²) < 4.78 is 38.6. The lowest BCUT2D eigenvalue weighted by Crippen LogP contribution is -2.40. The lowest BCUT2D eigenvalue weighted by atomic mass is 9.89. The molecule has 0 spiro atoms. The zero-order valence-corrected chi connectivity index (χ0v) is 17.3. The molecule has 2 N–H and O–H groups in total. The number of nitrogens with one attached hydrogen (secondary N) is 2. The predicted molar refractivity (Wildman–Crippen MR) is 108 cm³/mol. The molecule has 1 aliphatic heterocycles. The van der Waals surface area contributed by atoms with Gasteiger partial charge in [-0.05, 0) is 30.5 Å². The van der Waals surface area contributed by atoms with Crippen molar-refractivity contribution in [3.63, 3.8) is 0 Å². The summed E-state index contributed by atoms with van der Waals surface area (Å²) in [4.78, 5) is 38.1. The van der Waals surface area contributed by atoms with Gasteiger partial charge in [-0.2, -0.15) is 13.2 Å². The van der Waals surface area contributed by atoms with Crippen molar-refractivity contribution in [2.45, 2.75) is 51.2 Å². The molecule has 0 bridgehead atoms. The Bertz CT molecular complexity index is 807. The third kappa shape index (κ3) is 6.45. The van der Waals surface area contributed by atoms with Gasteiger partial charge in [-0.25, -0.2) is 0 Å². The second kappa shape index (κ2) is 10.2. The predicted octanol–water partition coefficient (Wildman–Crippen LogP) is 2.87. The fourth-order valence-corrected chi connectivity index (χ4v) is 4.19. The smallest absolute Gasteiger partial charge is 0.354 e. The molecule has 1 unspecified atom stereocenters. The van der Waals surface area contributed by atoms with E-state index in [1.54, 1.807) is 0 Å². The first-order valence-electron chi connectivity index (χ1n) is 10.7. The summed E-state index contributed by atoms with van der Waals surface area (Å²) in [7, 11) is 0. The maximum absolute atomic E-state index is 12.9. The van der Waals surface area contributed by atoms with E-state index in [1.165, 1.54) is 23.5 Å². The molecule has 2 fully saturated rings. The fourth-order valence-electron chi connectivity index (χ4n) is 4.19. The highest BCUT2D eigenvalue weighted by Gasteiger charge is 2.35. The van der Waals surface area contributed by atoms with Crippen LogP contribution in [0.4, 0.5) is 13.2 Å². The average Bonchev–Trinajstić information content (AvgIpc) is 3.11. The van der Waals surface area contributed by atoms with Gasteiger partial charge < -0.3 is 15.5 Å². The van der Waals surface area contributed by atoms with Crippen LogP contribution < -0.4 is 10.6 Å². The van der Waals surface area contributed by atoms with E-state index in [2.05, 4.69) is 10.6 Å². The molecule has 1 saturated heterocycles. The molecule has 1 atom stereocenters. The summed E-state index contributed by atoms with van der Waals surface area (Å²) in [6, 6.07) is 4.85. The van der Waals surface area contributed by atoms with Crippen LogP contribution in [0.2, 0.25) is 0 Å². The van der Waals surface area contributed by atoms with Crippen LogP contribution in [-0.2, 0) is 27.1 Å². The Morgan fingerprint density at radius 2 is 1.65 bits per heavy atom. The number of rotatable bonds is 7. The molecule has 0 aromatic heterocycles. The Labute approximate surface area is 179 Å². The number of benzene rings is 1. The standard InChI is InChI=1S/C22H28F3N3O3/c23-22(24,25)18-8-4-5-15(11-18)13-28-14-17(12-19(28)29)21(31)27-10-9-26-20(30)16-6-2-1-3-7-16/h4-5,8,11,16-17H,1-3,6-7,9-10,12-14H2,(H,26,30)(H,27,31). The van der Waals surface area contributed by atoms with Crippen LogP contribution in [-0.4, -0.2) is 42.3 Å². The minimum Gasteiger partial charge on any atom is -0.354 e. The highest BCUT2D eigenvalue weighted by Crippen LogP contribution is 2.30. The van der Waals surface area contributed by atoms with Crippen molar-refractivity contribution < 1.29 is 27.6 Å². The van der Waals surface area contributed by atoms with E-state index in [-0.39, 0.29) is 49.7 Å². The molecule has 31 heavy (non-hydrogen) atoms. The topological polar surface area (TPSA) is 78.5 Å². The molecule has 6 nitrogen and oxygen atoms in total. The van der Waals surface area contributed by atoms with Crippen LogP contribution >= 0.6 is 0 Å². The summed E-state index contributed by atoms with van der Waals surface area (Å²) >= 11 is 0. The third-order valence-electron chi connectivity index (χ3n) is 5.91. The molecule has 1 aromatic carbocycles. The number of nitrogens with zero attached hydrogens (tertiary/aromatic N) is 1. The summed E-state index contributed by atoms with van der Waals surface area (Å²) in [5.41, 5.74) is -0.393. The van der Waals surface area contributed by atoms with Crippen molar-refractivity contribution >= 4 is 17.7 Å². The minimum atomic E-state index is -4.44. The number of hydrogen-bond donors (Lipinski definition) is 2. The van der Waals surface area contributed by atoms with Crippen LogP contribution in [0.5, 0.6) is 0 Å². The second-order valence-corrected chi connectivity index (χ2v) is 8.29. The monoisotopic (exact) mass is 439 g/mol. The number of likely N-dealkylation sites (tertiary alicyclic amines) is 1. The van der Waals surface area contributed by atoms with Gasteiger partial charge in [0.15, 0.2) is 0 Å². The van der Waals surface area contributed by atoms with E-state index < -0.39 is 17.7 Å². The maximum atomic E-state index is 12.9. The van der Waals surface area contributed by atoms with Gasteiger partial charge >= 0.3 is 6.18 Å². The molecule has 3 rings (SSSR count). The molecule has 2 aliphatic rings. The van der Waals surface area contributed by atoms with E-state index in [0.717, 1.165) is 37.8 Å². The molecule has 3 amide bonds. The van der Waals surface area contributed by atoms with E-state index in [9.17, 15) is 27.6 Å². The fraction of sp³-hybridized carbons (Fsp3) is 0.591. The van der Waals surface area contributed by atoms with Crippen molar-refractivity contribution in [2.24, 2.45) is 11.8 Å². The van der Waals surface area contributed by atoms with Gasteiger partial charge in [0.25, 0.3) is 0 Å². The van der Waals surface area contributed by atoms with Crippen LogP contribution in [0.1, 0.15) is 49.7 Å². The largest absolute Gasteiger partial charge is 0.416 e. The Morgan fingerprint density at radius 1 is 1.00 bits per heavy atom. The second-order valence-electron chi connectivity index (χ2n) is 8.29. The molecule has 1 aromatic rings. The lowest BCUT2D eigenvalue weighted by molar-refractivity contribution is -0.137. The van der Waals surface area contributed by atoms with Gasteiger partial charge in [-0.3, -0.25) is 14.4 Å². The van der Waals surface area contributed by atoms with Gasteiger partial charge in [0.05, 0.1) is 11.5 Å². The number of alkyl halides is 3. The highest BCUT2D eigenvalue weighted by molar-refractivity contribution is 5.89. The van der Waals surface area contributed by atoms with Crippen LogP contribution in [0.3, 0.4) is 0 Å². The molecular weight excluding hydrogens is 411 g/mol. The van der Waals surface area contributed by atoms with E-state index in [0.29, 0.717) is 12.1 Å². The van der Waals surface area contributed by atoms with Crippen molar-refractivity contribution in [3.8, 4) is 0 Å². The summed E-state index contributed by atoms with van der Waals surface area (Å²) in [5, 5.41) is 5.58. The zero-order valence-electron chi connectivity index (χ0n) is 17.3. The highest BCUT2D eigenvalue weighted by atomic mass is 19.4. The molecule has 1 heterocycles. The molecule has 1 saturated carbocycles. The lowest BCUT2D eigenvalue weighted by Gasteiger charge is -2.21. The average molecular weight is 439 g/mol. The minimum absolute atomic E-state index is 0.0252. The Morgan fingerprint density at radius 3 is 2.29 bits per heavy atom. The van der Waals surface area contributed by atoms with Crippen molar-refractivity contribution in [3.05, 3.63) is 35.4 Å². The third-order valence-corrected chi connectivity index (χ3v) is 5.91. The summed E-state index contributed by atoms with van der Waals surface area (Å²) in [6.45, 7) is 0.796. The van der Waals surface area contributed by atoms with E-state index in [4.69, 9.17) is 0 Å². The van der Waals surface area contributed by atoms with Gasteiger partial charge in [-0.1, -0.05) is 31.4 Å². The van der Waals surface area contributed by atoms with Gasteiger partial charge in [0.1, 0.15) is 0 Å². The quantitative estimate of drug-likeness (QED) is 0.642. The number of carbonyl (C=O) groups excluding carboxylic acids is 3. The maximum Gasteiger partial charge on any atom is 0.416 e. The van der Waals surface area contributed by atoms with Crippen LogP contribution in [0.25, 0.3) is 0 Å². The summed E-state index contributed by atoms with van der Waals surface area (Å²) in [6.07, 6.45) is 0.709. The van der Waals surface area contributed by atoms with Gasteiger partial charge in [-0.15, -0.1) is 0 Å². The molecule has 170 valence electrons. The summed E-state index contributed by atoms with van der Waals surface area (Å²) in [5.74, 6) is -1.01. The molecule has 9 heteroatoms. The Kier molecular flexibility index (Phi) is 7.56. The number of carbonyl (C=O) groups is 3. The first-order chi connectivity index (χ1) is 14.7. The van der Waals surface area contributed by atoms with Crippen molar-refractivity contribution in [1.29, 1.82) is 0 Å². The van der Waals surface area contributed by atoms with Crippen LogP contribution in [0.15, 0.2) is 24.3 Å². The first-order valence-corrected chi connectivity index (χ1v) is 10.7. The van der Waals surface area contributed by atoms with E-state index in [1.807, 2.05) is 0 Å². The molecular formula is C22H28F3N3O3. The first kappa shape index (κ1) is 23.1. The van der Waals surface area contributed by atoms with Crippen LogP contribution in [0, 0.1) is 11.8 Å². The zero-order chi connectivity index (χ0) is 22.4. The Balaban J connectivity index is 1.42. The number of hydrogen-bond acceptors (Lipinski definition) is 3. The van der Waals surface area contributed by atoms with Gasteiger partial charge in [0.2, 0.25) is 17.7 Å². The van der Waals surface area contributed by atoms with Crippen molar-refractivity contribution in [1.82, 2.24) is 15.5 Å². The van der Waals surface area contributed by atoms with E-state index >= 15 is 0 Å². The number of amides is 3. The SMILES string of the molecule is O=C(NCCNC(=O)C1CC(=O)N(Cc2cccc(C(F)(F)F)c2)C1)C1CCCCC1. The van der Waals surface area contributed by atoms with Crippen molar-refractivity contribution in [2.75, 3.05) is 19.6 Å². The molecule has 1 aliphatic carbocycles.